The van der Waals surface area contributed by atoms with Gasteiger partial charge in [0.15, 0.2) is 5.13 Å². The van der Waals surface area contributed by atoms with Gasteiger partial charge in [-0.3, -0.25) is 0 Å². The van der Waals surface area contributed by atoms with Crippen LogP contribution >= 0.6 is 39.5 Å². The zero-order chi connectivity index (χ0) is 12.4. The number of rotatable bonds is 3. The minimum Gasteiger partial charge on any atom is -0.389 e. The van der Waals surface area contributed by atoms with Crippen molar-refractivity contribution in [2.45, 2.75) is 0 Å². The maximum absolute atomic E-state index is 5.71. The van der Waals surface area contributed by atoms with E-state index >= 15 is 0 Å². The first-order chi connectivity index (χ1) is 8.09. The quantitative estimate of drug-likeness (QED) is 0.878. The van der Waals surface area contributed by atoms with Crippen LogP contribution in [-0.4, -0.2) is 17.0 Å². The molecule has 2 N–H and O–H groups in total. The van der Waals surface area contributed by atoms with Crippen molar-refractivity contribution in [2.24, 2.45) is 5.73 Å². The summed E-state index contributed by atoms with van der Waals surface area (Å²) >= 11 is 9.95. The highest BCUT2D eigenvalue weighted by molar-refractivity contribution is 9.10. The van der Waals surface area contributed by atoms with Gasteiger partial charge < -0.3 is 10.6 Å². The lowest BCUT2D eigenvalue weighted by atomic mass is 10.1. The lowest BCUT2D eigenvalue weighted by molar-refractivity contribution is 1.16. The van der Waals surface area contributed by atoms with Gasteiger partial charge in [-0.15, -0.1) is 11.3 Å². The maximum atomic E-state index is 5.71. The number of hydrogen-bond acceptors (Lipinski definition) is 4. The van der Waals surface area contributed by atoms with E-state index in [2.05, 4.69) is 20.9 Å². The minimum absolute atomic E-state index is 0.392. The molecular formula is C11H10BrN3S2. The number of thiocarbonyl (C=S) groups is 1. The molecule has 1 heterocycles. The highest BCUT2D eigenvalue weighted by Crippen LogP contribution is 2.30. The molecule has 0 aliphatic carbocycles. The molecule has 3 nitrogen and oxygen atoms in total. The molecule has 1 aromatic heterocycles. The van der Waals surface area contributed by atoms with Gasteiger partial charge in [0, 0.05) is 18.0 Å². The third kappa shape index (κ3) is 2.65. The molecule has 2 aromatic rings. The van der Waals surface area contributed by atoms with Gasteiger partial charge in [-0.1, -0.05) is 24.4 Å². The Morgan fingerprint density at radius 2 is 2.18 bits per heavy atom. The van der Waals surface area contributed by atoms with Crippen LogP contribution < -0.4 is 10.6 Å². The molecule has 0 saturated carbocycles. The van der Waals surface area contributed by atoms with Gasteiger partial charge in [-0.05, 0) is 28.1 Å². The normalized spacial score (nSPS) is 10.2. The van der Waals surface area contributed by atoms with Crippen molar-refractivity contribution in [3.8, 4) is 0 Å². The Labute approximate surface area is 117 Å². The molecule has 0 aliphatic rings. The lowest BCUT2D eigenvalue weighted by Crippen LogP contribution is -2.17. The summed E-state index contributed by atoms with van der Waals surface area (Å²) in [6, 6.07) is 7.76. The topological polar surface area (TPSA) is 42.2 Å². The van der Waals surface area contributed by atoms with Crippen molar-refractivity contribution in [1.82, 2.24) is 4.98 Å². The van der Waals surface area contributed by atoms with Crippen LogP contribution in [0.1, 0.15) is 5.56 Å². The first-order valence-electron chi connectivity index (χ1n) is 4.83. The number of halogens is 1. The van der Waals surface area contributed by atoms with Crippen molar-refractivity contribution < 1.29 is 0 Å². The fourth-order valence-electron chi connectivity index (χ4n) is 1.48. The summed E-state index contributed by atoms with van der Waals surface area (Å²) in [5.74, 6) is 0. The highest BCUT2D eigenvalue weighted by Gasteiger charge is 2.13. The Kier molecular flexibility index (Phi) is 3.76. The molecule has 88 valence electrons. The average molecular weight is 328 g/mol. The number of anilines is 2. The Hall–Kier alpha value is -0.980. The lowest BCUT2D eigenvalue weighted by Gasteiger charge is -2.19. The highest BCUT2D eigenvalue weighted by atomic mass is 79.9. The second-order valence-electron chi connectivity index (χ2n) is 3.39. The van der Waals surface area contributed by atoms with E-state index in [0.29, 0.717) is 4.99 Å². The van der Waals surface area contributed by atoms with Crippen LogP contribution in [0.25, 0.3) is 0 Å². The van der Waals surface area contributed by atoms with E-state index in [4.69, 9.17) is 18.0 Å². The van der Waals surface area contributed by atoms with Gasteiger partial charge in [0.05, 0.1) is 5.69 Å². The minimum atomic E-state index is 0.392. The molecule has 0 aliphatic heterocycles. The number of hydrogen-bond donors (Lipinski definition) is 1. The van der Waals surface area contributed by atoms with Gasteiger partial charge in [0.1, 0.15) is 9.59 Å². The monoisotopic (exact) mass is 327 g/mol. The van der Waals surface area contributed by atoms with Crippen LogP contribution in [0.2, 0.25) is 0 Å². The summed E-state index contributed by atoms with van der Waals surface area (Å²) < 4.78 is 0.831. The number of benzene rings is 1. The second-order valence-corrected chi connectivity index (χ2v) is 5.48. The SMILES string of the molecule is CN(c1nc(Br)cs1)c1ccccc1C(N)=S. The molecule has 0 bridgehead atoms. The second kappa shape index (κ2) is 5.12. The summed E-state index contributed by atoms with van der Waals surface area (Å²) in [5, 5.41) is 2.83. The number of thiazole rings is 1. The third-order valence-corrected chi connectivity index (χ3v) is 4.13. The summed E-state index contributed by atoms with van der Waals surface area (Å²) in [6.07, 6.45) is 0. The molecule has 0 fully saturated rings. The van der Waals surface area contributed by atoms with Gasteiger partial charge in [0.25, 0.3) is 0 Å². The van der Waals surface area contributed by atoms with Crippen molar-refractivity contribution in [2.75, 3.05) is 11.9 Å². The van der Waals surface area contributed by atoms with E-state index in [9.17, 15) is 0 Å². The van der Waals surface area contributed by atoms with Crippen LogP contribution in [-0.2, 0) is 0 Å². The number of nitrogens with zero attached hydrogens (tertiary/aromatic N) is 2. The predicted octanol–water partition coefficient (Wildman–Crippen LogP) is 3.31. The molecule has 6 heteroatoms. The van der Waals surface area contributed by atoms with Crippen LogP contribution in [0.15, 0.2) is 34.2 Å². The van der Waals surface area contributed by atoms with Crippen molar-refractivity contribution in [3.63, 3.8) is 0 Å². The molecule has 2 rings (SSSR count). The Morgan fingerprint density at radius 3 is 2.76 bits per heavy atom. The molecule has 0 amide bonds. The number of para-hydroxylation sites is 1. The standard InChI is InChI=1S/C11H10BrN3S2/c1-15(11-14-9(12)6-17-11)8-5-3-2-4-7(8)10(13)16/h2-6H,1H3,(H2,13,16). The first kappa shape index (κ1) is 12.5. The Balaban J connectivity index is 2.43. The molecule has 0 saturated heterocycles. The van der Waals surface area contributed by atoms with Crippen molar-refractivity contribution in [1.29, 1.82) is 0 Å². The van der Waals surface area contributed by atoms with E-state index in [-0.39, 0.29) is 0 Å². The van der Waals surface area contributed by atoms with E-state index in [1.807, 2.05) is 41.6 Å². The number of aromatic nitrogens is 1. The summed E-state index contributed by atoms with van der Waals surface area (Å²) in [4.78, 5) is 6.73. The molecule has 17 heavy (non-hydrogen) atoms. The fourth-order valence-corrected chi connectivity index (χ4v) is 2.88. The van der Waals surface area contributed by atoms with Crippen LogP contribution in [0.3, 0.4) is 0 Å². The zero-order valence-electron chi connectivity index (χ0n) is 9.05. The number of nitrogens with two attached hydrogens (primary N) is 1. The summed E-state index contributed by atoms with van der Waals surface area (Å²) in [5.41, 5.74) is 7.53. The molecule has 0 atom stereocenters. The van der Waals surface area contributed by atoms with Gasteiger partial charge in [0.2, 0.25) is 0 Å². The molecule has 0 unspecified atom stereocenters. The van der Waals surface area contributed by atoms with Gasteiger partial charge in [-0.2, -0.15) is 0 Å². The van der Waals surface area contributed by atoms with E-state index in [1.165, 1.54) is 0 Å². The summed E-state index contributed by atoms with van der Waals surface area (Å²) in [6.45, 7) is 0. The Morgan fingerprint density at radius 1 is 1.47 bits per heavy atom. The maximum Gasteiger partial charge on any atom is 0.190 e. The summed E-state index contributed by atoms with van der Waals surface area (Å²) in [7, 11) is 1.95. The van der Waals surface area contributed by atoms with Crippen LogP contribution in [0.4, 0.5) is 10.8 Å². The van der Waals surface area contributed by atoms with Crippen molar-refractivity contribution >= 4 is 55.3 Å². The van der Waals surface area contributed by atoms with E-state index in [1.54, 1.807) is 11.3 Å². The largest absolute Gasteiger partial charge is 0.389 e. The third-order valence-electron chi connectivity index (χ3n) is 2.28. The zero-order valence-corrected chi connectivity index (χ0v) is 12.3. The predicted molar refractivity (Wildman–Crippen MR) is 80.2 cm³/mol. The van der Waals surface area contributed by atoms with Gasteiger partial charge in [-0.25, -0.2) is 4.98 Å². The molecule has 0 radical (unpaired) electrons. The van der Waals surface area contributed by atoms with Crippen LogP contribution in [0.5, 0.6) is 0 Å². The van der Waals surface area contributed by atoms with Crippen LogP contribution in [0, 0.1) is 0 Å². The average Bonchev–Trinajstić information content (AvgIpc) is 2.75. The smallest absolute Gasteiger partial charge is 0.190 e. The first-order valence-corrected chi connectivity index (χ1v) is 6.91. The Bertz CT molecular complexity index is 553. The molecular weight excluding hydrogens is 318 g/mol. The molecule has 1 aromatic carbocycles. The van der Waals surface area contributed by atoms with E-state index < -0.39 is 0 Å². The van der Waals surface area contributed by atoms with Gasteiger partial charge >= 0.3 is 0 Å². The van der Waals surface area contributed by atoms with E-state index in [0.717, 1.165) is 21.0 Å². The fraction of sp³-hybridized carbons (Fsp3) is 0.0909. The molecule has 0 spiro atoms. The van der Waals surface area contributed by atoms with Crippen molar-refractivity contribution in [3.05, 3.63) is 39.8 Å².